The first kappa shape index (κ1) is 16.0. The number of hydrogen-bond acceptors (Lipinski definition) is 5. The van der Waals surface area contributed by atoms with Gasteiger partial charge in [-0.05, 0) is 13.0 Å². The summed E-state index contributed by atoms with van der Waals surface area (Å²) in [7, 11) is 0. The molecule has 1 saturated heterocycles. The number of nitrogens with one attached hydrogen (secondary N) is 1. The third-order valence-corrected chi connectivity index (χ3v) is 4.21. The molecule has 23 heavy (non-hydrogen) atoms. The first-order chi connectivity index (χ1) is 11.0. The fourth-order valence-electron chi connectivity index (χ4n) is 2.55. The zero-order valence-electron chi connectivity index (χ0n) is 12.6. The Morgan fingerprint density at radius 1 is 1.48 bits per heavy atom. The quantitative estimate of drug-likeness (QED) is 0.894. The molecule has 2 N–H and O–H groups in total. The largest absolute Gasteiger partial charge is 0.386 e. The Balaban J connectivity index is 1.84. The van der Waals surface area contributed by atoms with Crippen LogP contribution in [0.5, 0.6) is 0 Å². The Hall–Kier alpha value is -1.89. The third kappa shape index (κ3) is 3.24. The van der Waals surface area contributed by atoms with E-state index in [2.05, 4.69) is 10.5 Å². The van der Waals surface area contributed by atoms with Crippen molar-refractivity contribution in [3.8, 4) is 11.3 Å². The summed E-state index contributed by atoms with van der Waals surface area (Å²) in [6.07, 6.45) is 0.493. The van der Waals surface area contributed by atoms with Crippen molar-refractivity contribution < 1.29 is 19.2 Å². The molecular weight excluding hydrogens is 320 g/mol. The van der Waals surface area contributed by atoms with Gasteiger partial charge in [0.2, 0.25) is 0 Å². The molecule has 0 saturated carbocycles. The molecule has 0 radical (unpaired) electrons. The lowest BCUT2D eigenvalue weighted by atomic mass is 10.0. The van der Waals surface area contributed by atoms with Crippen LogP contribution in [0.3, 0.4) is 0 Å². The van der Waals surface area contributed by atoms with Crippen molar-refractivity contribution in [3.63, 3.8) is 0 Å². The second-order valence-corrected chi connectivity index (χ2v) is 6.06. The van der Waals surface area contributed by atoms with Gasteiger partial charge in [0.05, 0.1) is 11.6 Å². The smallest absolute Gasteiger partial charge is 0.257 e. The van der Waals surface area contributed by atoms with Gasteiger partial charge in [-0.2, -0.15) is 0 Å². The predicted octanol–water partition coefficient (Wildman–Crippen LogP) is 2.18. The average Bonchev–Trinajstić information content (AvgIpc) is 3.12. The molecule has 0 bridgehead atoms. The second kappa shape index (κ2) is 6.31. The Bertz CT molecular complexity index is 723. The lowest BCUT2D eigenvalue weighted by molar-refractivity contribution is 0.0264. The molecule has 122 valence electrons. The van der Waals surface area contributed by atoms with Crippen LogP contribution in [0.1, 0.15) is 22.5 Å². The van der Waals surface area contributed by atoms with E-state index in [1.165, 1.54) is 0 Å². The Labute approximate surface area is 138 Å². The van der Waals surface area contributed by atoms with E-state index >= 15 is 0 Å². The van der Waals surface area contributed by atoms with Gasteiger partial charge < -0.3 is 19.7 Å². The lowest BCUT2D eigenvalue weighted by Crippen LogP contribution is -2.43. The van der Waals surface area contributed by atoms with Crippen molar-refractivity contribution in [3.05, 3.63) is 40.6 Å². The van der Waals surface area contributed by atoms with Crippen LogP contribution in [0, 0.1) is 6.92 Å². The maximum Gasteiger partial charge on any atom is 0.257 e. The van der Waals surface area contributed by atoms with Gasteiger partial charge in [-0.3, -0.25) is 4.79 Å². The fourth-order valence-corrected chi connectivity index (χ4v) is 2.77. The van der Waals surface area contributed by atoms with Crippen LogP contribution in [-0.4, -0.2) is 41.5 Å². The summed E-state index contributed by atoms with van der Waals surface area (Å²) >= 11 is 6.18. The number of aliphatic hydroxyl groups is 1. The summed E-state index contributed by atoms with van der Waals surface area (Å²) in [5, 5.41) is 17.4. The second-order valence-electron chi connectivity index (χ2n) is 5.65. The van der Waals surface area contributed by atoms with Gasteiger partial charge in [0.1, 0.15) is 22.6 Å². The topological polar surface area (TPSA) is 84.6 Å². The number of hydrogen-bond donors (Lipinski definition) is 2. The Kier molecular flexibility index (Phi) is 4.39. The van der Waals surface area contributed by atoms with Crippen LogP contribution in [0.15, 0.2) is 28.8 Å². The molecule has 0 aliphatic carbocycles. The molecule has 1 atom stereocenters. The minimum absolute atomic E-state index is 0.110. The van der Waals surface area contributed by atoms with E-state index in [1.54, 1.807) is 25.1 Å². The molecule has 7 heteroatoms. The highest BCUT2D eigenvalue weighted by molar-refractivity contribution is 6.33. The van der Waals surface area contributed by atoms with Crippen LogP contribution in [0.2, 0.25) is 5.02 Å². The number of carbonyl (C=O) groups excluding carboxylic acids is 1. The van der Waals surface area contributed by atoms with Gasteiger partial charge in [0.15, 0.2) is 0 Å². The normalized spacial score (nSPS) is 20.7. The predicted molar refractivity (Wildman–Crippen MR) is 84.4 cm³/mol. The zero-order chi connectivity index (χ0) is 16.4. The number of nitrogens with zero attached hydrogens (tertiary/aromatic N) is 1. The molecular formula is C16H17ClN2O4. The monoisotopic (exact) mass is 336 g/mol. The van der Waals surface area contributed by atoms with Crippen LogP contribution in [0.4, 0.5) is 0 Å². The summed E-state index contributed by atoms with van der Waals surface area (Å²) in [4.78, 5) is 12.5. The molecule has 0 spiro atoms. The SMILES string of the molecule is Cc1onc(-c2ccccc2Cl)c1C(=O)NC[C@@]1(O)CCOC1. The van der Waals surface area contributed by atoms with Crippen LogP contribution in [-0.2, 0) is 4.74 Å². The molecule has 2 aromatic rings. The molecule has 6 nitrogen and oxygen atoms in total. The molecule has 1 fully saturated rings. The zero-order valence-corrected chi connectivity index (χ0v) is 13.4. The number of rotatable bonds is 4. The van der Waals surface area contributed by atoms with E-state index in [0.29, 0.717) is 40.6 Å². The Morgan fingerprint density at radius 3 is 2.96 bits per heavy atom. The fraction of sp³-hybridized carbons (Fsp3) is 0.375. The van der Waals surface area contributed by atoms with Crippen molar-refractivity contribution in [2.75, 3.05) is 19.8 Å². The first-order valence-electron chi connectivity index (χ1n) is 7.30. The van der Waals surface area contributed by atoms with Crippen molar-refractivity contribution in [1.82, 2.24) is 10.5 Å². The summed E-state index contributed by atoms with van der Waals surface area (Å²) in [6, 6.07) is 7.11. The van der Waals surface area contributed by atoms with Crippen molar-refractivity contribution >= 4 is 17.5 Å². The summed E-state index contributed by atoms with van der Waals surface area (Å²) < 4.78 is 10.3. The van der Waals surface area contributed by atoms with Gasteiger partial charge in [-0.15, -0.1) is 0 Å². The van der Waals surface area contributed by atoms with Gasteiger partial charge in [-0.1, -0.05) is 35.0 Å². The molecule has 1 aliphatic heterocycles. The van der Waals surface area contributed by atoms with E-state index in [0.717, 1.165) is 0 Å². The molecule has 1 aliphatic rings. The van der Waals surface area contributed by atoms with Gasteiger partial charge >= 0.3 is 0 Å². The van der Waals surface area contributed by atoms with Gasteiger partial charge in [0, 0.05) is 25.1 Å². The molecule has 1 aromatic carbocycles. The summed E-state index contributed by atoms with van der Waals surface area (Å²) in [6.45, 7) is 2.48. The number of carbonyl (C=O) groups is 1. The highest BCUT2D eigenvalue weighted by Gasteiger charge is 2.33. The lowest BCUT2D eigenvalue weighted by Gasteiger charge is -2.20. The van der Waals surface area contributed by atoms with E-state index in [1.807, 2.05) is 6.07 Å². The first-order valence-corrected chi connectivity index (χ1v) is 7.67. The third-order valence-electron chi connectivity index (χ3n) is 3.88. The highest BCUT2D eigenvalue weighted by atomic mass is 35.5. The number of ether oxygens (including phenoxy) is 1. The summed E-state index contributed by atoms with van der Waals surface area (Å²) in [5.41, 5.74) is 0.311. The highest BCUT2D eigenvalue weighted by Crippen LogP contribution is 2.31. The number of halogens is 1. The number of aromatic nitrogens is 1. The number of amides is 1. The van der Waals surface area contributed by atoms with Gasteiger partial charge in [0.25, 0.3) is 5.91 Å². The van der Waals surface area contributed by atoms with E-state index in [-0.39, 0.29) is 19.1 Å². The maximum atomic E-state index is 12.5. The van der Waals surface area contributed by atoms with E-state index < -0.39 is 5.60 Å². The van der Waals surface area contributed by atoms with Gasteiger partial charge in [-0.25, -0.2) is 0 Å². The van der Waals surface area contributed by atoms with Crippen molar-refractivity contribution in [2.45, 2.75) is 18.9 Å². The van der Waals surface area contributed by atoms with Crippen LogP contribution in [0.25, 0.3) is 11.3 Å². The maximum absolute atomic E-state index is 12.5. The van der Waals surface area contributed by atoms with Crippen LogP contribution < -0.4 is 5.32 Å². The average molecular weight is 337 g/mol. The minimum atomic E-state index is -1.02. The van der Waals surface area contributed by atoms with Crippen molar-refractivity contribution in [1.29, 1.82) is 0 Å². The molecule has 1 aromatic heterocycles. The number of benzene rings is 1. The number of aryl methyl sites for hydroxylation is 1. The molecule has 2 heterocycles. The van der Waals surface area contributed by atoms with E-state index in [4.69, 9.17) is 20.9 Å². The van der Waals surface area contributed by atoms with E-state index in [9.17, 15) is 9.90 Å². The summed E-state index contributed by atoms with van der Waals surface area (Å²) in [5.74, 6) is 0.0334. The molecule has 1 amide bonds. The molecule has 3 rings (SSSR count). The van der Waals surface area contributed by atoms with Crippen molar-refractivity contribution in [2.24, 2.45) is 0 Å². The minimum Gasteiger partial charge on any atom is -0.386 e. The molecule has 0 unspecified atom stereocenters. The van der Waals surface area contributed by atoms with Crippen LogP contribution >= 0.6 is 11.6 Å². The Morgan fingerprint density at radius 2 is 2.26 bits per heavy atom. The standard InChI is InChI=1S/C16H17ClN2O4/c1-10-13(15(20)18-8-16(21)6-7-22-9-16)14(19-23-10)11-4-2-3-5-12(11)17/h2-5,21H,6-9H2,1H3,(H,18,20)/t16-/m0/s1.